The molecule has 0 aliphatic carbocycles. The largest absolute Gasteiger partial charge is 0.496 e. The Morgan fingerprint density at radius 1 is 1.53 bits per heavy atom. The summed E-state index contributed by atoms with van der Waals surface area (Å²) in [4.78, 5) is 2.47. The summed E-state index contributed by atoms with van der Waals surface area (Å²) in [5.74, 6) is -0.389. The van der Waals surface area contributed by atoms with E-state index in [9.17, 15) is 14.6 Å². The van der Waals surface area contributed by atoms with E-state index in [1.807, 2.05) is 0 Å². The van der Waals surface area contributed by atoms with Gasteiger partial charge in [-0.3, -0.25) is 0 Å². The lowest BCUT2D eigenvalue weighted by Crippen LogP contribution is -2.21. The van der Waals surface area contributed by atoms with Crippen LogP contribution < -0.4 is 4.74 Å². The van der Waals surface area contributed by atoms with Crippen LogP contribution in [0.3, 0.4) is 0 Å². The van der Waals surface area contributed by atoms with Crippen molar-refractivity contribution >= 4 is 0 Å². The van der Waals surface area contributed by atoms with E-state index in [0.717, 1.165) is 12.1 Å². The van der Waals surface area contributed by atoms with Crippen LogP contribution in [0.25, 0.3) is 10.4 Å². The van der Waals surface area contributed by atoms with Crippen LogP contribution in [0.4, 0.5) is 4.39 Å². The van der Waals surface area contributed by atoms with E-state index < -0.39 is 18.0 Å². The van der Waals surface area contributed by atoms with Crippen LogP contribution in [-0.2, 0) is 0 Å². The number of benzene rings is 1. The third-order valence-electron chi connectivity index (χ3n) is 2.21. The summed E-state index contributed by atoms with van der Waals surface area (Å²) < 4.78 is 17.8. The number of methoxy groups -OCH3 is 1. The van der Waals surface area contributed by atoms with Crippen molar-refractivity contribution in [1.82, 2.24) is 0 Å². The molecule has 1 aromatic carbocycles. The molecule has 0 radical (unpaired) electrons. The van der Waals surface area contributed by atoms with Gasteiger partial charge in [0.1, 0.15) is 17.7 Å². The monoisotopic (exact) mass is 241 g/mol. The quantitative estimate of drug-likeness (QED) is 0.464. The number of halogens is 1. The second-order valence-corrected chi connectivity index (χ2v) is 3.31. The maximum Gasteiger partial charge on any atom is 0.127 e. The molecule has 1 rings (SSSR count). The number of aliphatic hydroxyl groups excluding tert-OH is 2. The Hall–Kier alpha value is -1.82. The number of azide groups is 1. The van der Waals surface area contributed by atoms with Crippen LogP contribution in [-0.4, -0.2) is 30.0 Å². The van der Waals surface area contributed by atoms with Crippen molar-refractivity contribution in [3.63, 3.8) is 0 Å². The molecule has 6 nitrogen and oxygen atoms in total. The van der Waals surface area contributed by atoms with Gasteiger partial charge in [-0.15, -0.1) is 0 Å². The molecule has 0 aliphatic heterocycles. The zero-order chi connectivity index (χ0) is 12.8. The highest BCUT2D eigenvalue weighted by atomic mass is 19.1. The second kappa shape index (κ2) is 6.05. The van der Waals surface area contributed by atoms with E-state index in [-0.39, 0.29) is 17.9 Å². The highest BCUT2D eigenvalue weighted by molar-refractivity contribution is 5.36. The van der Waals surface area contributed by atoms with Gasteiger partial charge in [-0.05, 0) is 17.7 Å². The normalized spacial score (nSPS) is 13.6. The molecule has 0 bridgehead atoms. The summed E-state index contributed by atoms with van der Waals surface area (Å²) in [6.45, 7) is -0.280. The van der Waals surface area contributed by atoms with E-state index in [1.165, 1.54) is 13.2 Å². The summed E-state index contributed by atoms with van der Waals surface area (Å²) in [5.41, 5.74) is 8.33. The molecule has 1 aromatic rings. The third-order valence-corrected chi connectivity index (χ3v) is 2.21. The average Bonchev–Trinajstić information content (AvgIpc) is 2.34. The first kappa shape index (κ1) is 13.2. The van der Waals surface area contributed by atoms with Gasteiger partial charge in [0.15, 0.2) is 0 Å². The van der Waals surface area contributed by atoms with Crippen LogP contribution in [0.2, 0.25) is 0 Å². The number of rotatable bonds is 5. The molecular weight excluding hydrogens is 229 g/mol. The number of ether oxygens (including phenoxy) is 1. The Bertz CT molecular complexity index is 435. The highest BCUT2D eigenvalue weighted by Gasteiger charge is 2.21. The standard InChI is InChI=1S/C10H12FN3O3/c1-17-9-4-6(11)2-3-7(9)10(16)8(15)5-13-14-12/h2-4,8,10,15-16H,5H2,1H3. The molecule has 7 heteroatoms. The summed E-state index contributed by atoms with van der Waals surface area (Å²) in [7, 11) is 1.32. The van der Waals surface area contributed by atoms with Gasteiger partial charge in [-0.2, -0.15) is 0 Å². The first-order chi connectivity index (χ1) is 8.10. The van der Waals surface area contributed by atoms with Crippen molar-refractivity contribution < 1.29 is 19.3 Å². The highest BCUT2D eigenvalue weighted by Crippen LogP contribution is 2.28. The van der Waals surface area contributed by atoms with E-state index in [0.29, 0.717) is 0 Å². The lowest BCUT2D eigenvalue weighted by molar-refractivity contribution is 0.0229. The van der Waals surface area contributed by atoms with Crippen LogP contribution in [0.1, 0.15) is 11.7 Å². The molecule has 0 saturated heterocycles. The number of hydrogen-bond acceptors (Lipinski definition) is 4. The molecular formula is C10H12FN3O3. The van der Waals surface area contributed by atoms with Gasteiger partial charge in [0.25, 0.3) is 0 Å². The minimum absolute atomic E-state index is 0.123. The number of aliphatic hydroxyl groups is 2. The maximum atomic E-state index is 12.9. The first-order valence-corrected chi connectivity index (χ1v) is 4.80. The van der Waals surface area contributed by atoms with Crippen molar-refractivity contribution in [3.8, 4) is 5.75 Å². The van der Waals surface area contributed by atoms with Crippen molar-refractivity contribution in [1.29, 1.82) is 0 Å². The summed E-state index contributed by atoms with van der Waals surface area (Å²) in [6.07, 6.45) is -2.58. The van der Waals surface area contributed by atoms with Gasteiger partial charge in [-0.1, -0.05) is 5.11 Å². The first-order valence-electron chi connectivity index (χ1n) is 4.80. The molecule has 0 saturated carbocycles. The predicted molar refractivity (Wildman–Crippen MR) is 57.9 cm³/mol. The fourth-order valence-corrected chi connectivity index (χ4v) is 1.36. The van der Waals surface area contributed by atoms with Crippen molar-refractivity contribution in [3.05, 3.63) is 40.0 Å². The molecule has 0 aromatic heterocycles. The van der Waals surface area contributed by atoms with E-state index >= 15 is 0 Å². The Kier molecular flexibility index (Phi) is 4.71. The van der Waals surface area contributed by atoms with E-state index in [4.69, 9.17) is 10.3 Å². The molecule has 0 heterocycles. The Labute approximate surface area is 96.9 Å². The van der Waals surface area contributed by atoms with Crippen LogP contribution >= 0.6 is 0 Å². The predicted octanol–water partition coefficient (Wildman–Crippen LogP) is 1.54. The second-order valence-electron chi connectivity index (χ2n) is 3.31. The van der Waals surface area contributed by atoms with E-state index in [2.05, 4.69) is 10.0 Å². The fraction of sp³-hybridized carbons (Fsp3) is 0.400. The fourth-order valence-electron chi connectivity index (χ4n) is 1.36. The SMILES string of the molecule is COc1cc(F)ccc1C(O)C(O)CN=[N+]=[N-]. The minimum atomic E-state index is -1.31. The smallest absolute Gasteiger partial charge is 0.127 e. The van der Waals surface area contributed by atoms with Gasteiger partial charge in [-0.25, -0.2) is 4.39 Å². The summed E-state index contributed by atoms with van der Waals surface area (Å²) >= 11 is 0. The van der Waals surface area contributed by atoms with Gasteiger partial charge >= 0.3 is 0 Å². The molecule has 2 unspecified atom stereocenters. The molecule has 0 amide bonds. The van der Waals surface area contributed by atoms with Crippen LogP contribution in [0, 0.1) is 5.82 Å². The molecule has 2 atom stereocenters. The van der Waals surface area contributed by atoms with Crippen molar-refractivity contribution in [2.75, 3.05) is 13.7 Å². The molecule has 92 valence electrons. The number of hydrogen-bond donors (Lipinski definition) is 2. The lowest BCUT2D eigenvalue weighted by Gasteiger charge is -2.18. The van der Waals surface area contributed by atoms with Crippen molar-refractivity contribution in [2.24, 2.45) is 5.11 Å². The molecule has 0 fully saturated rings. The molecule has 0 spiro atoms. The third kappa shape index (κ3) is 3.32. The minimum Gasteiger partial charge on any atom is -0.496 e. The van der Waals surface area contributed by atoms with Gasteiger partial charge in [0.05, 0.1) is 19.8 Å². The zero-order valence-corrected chi connectivity index (χ0v) is 9.12. The maximum absolute atomic E-state index is 12.9. The summed E-state index contributed by atoms with van der Waals surface area (Å²) in [6, 6.07) is 3.54. The van der Waals surface area contributed by atoms with Crippen LogP contribution in [0.15, 0.2) is 23.3 Å². The van der Waals surface area contributed by atoms with E-state index in [1.54, 1.807) is 0 Å². The Morgan fingerprint density at radius 2 is 2.24 bits per heavy atom. The molecule has 17 heavy (non-hydrogen) atoms. The zero-order valence-electron chi connectivity index (χ0n) is 9.12. The molecule has 0 aliphatic rings. The topological polar surface area (TPSA) is 98.5 Å². The molecule has 2 N–H and O–H groups in total. The van der Waals surface area contributed by atoms with Gasteiger partial charge in [0.2, 0.25) is 0 Å². The lowest BCUT2D eigenvalue weighted by atomic mass is 10.0. The van der Waals surface area contributed by atoms with Crippen LogP contribution in [0.5, 0.6) is 5.75 Å². The van der Waals surface area contributed by atoms with Gasteiger partial charge in [0, 0.05) is 16.5 Å². The summed E-state index contributed by atoms with van der Waals surface area (Å²) in [5, 5.41) is 22.5. The Morgan fingerprint density at radius 3 is 2.82 bits per heavy atom. The van der Waals surface area contributed by atoms with Gasteiger partial charge < -0.3 is 14.9 Å². The number of nitrogens with zero attached hydrogens (tertiary/aromatic N) is 3. The average molecular weight is 241 g/mol. The Balaban J connectivity index is 2.94. The van der Waals surface area contributed by atoms with Crippen molar-refractivity contribution in [2.45, 2.75) is 12.2 Å².